The zero-order valence-electron chi connectivity index (χ0n) is 14.2. The fraction of sp³-hybridized carbons (Fsp3) is 0.632. The molecule has 4 heteroatoms. The van der Waals surface area contributed by atoms with Crippen LogP contribution >= 0.6 is 0 Å². The van der Waals surface area contributed by atoms with Crippen LogP contribution in [-0.2, 0) is 11.2 Å². The summed E-state index contributed by atoms with van der Waals surface area (Å²) in [6.07, 6.45) is 4.37. The van der Waals surface area contributed by atoms with Crippen LogP contribution in [0.15, 0.2) is 30.3 Å². The summed E-state index contributed by atoms with van der Waals surface area (Å²) in [5, 5.41) is 3.22. The van der Waals surface area contributed by atoms with E-state index in [0.29, 0.717) is 6.04 Å². The van der Waals surface area contributed by atoms with Crippen molar-refractivity contribution < 1.29 is 4.79 Å². The lowest BCUT2D eigenvalue weighted by atomic mass is 9.85. The van der Waals surface area contributed by atoms with Gasteiger partial charge in [-0.2, -0.15) is 0 Å². The fourth-order valence-corrected chi connectivity index (χ4v) is 3.44. The number of nitrogens with one attached hydrogen (secondary N) is 1. The van der Waals surface area contributed by atoms with Gasteiger partial charge in [0.25, 0.3) is 0 Å². The molecule has 126 valence electrons. The molecule has 1 saturated heterocycles. The molecular weight excluding hydrogens is 286 g/mol. The highest BCUT2D eigenvalue weighted by molar-refractivity contribution is 5.79. The number of carbonyl (C=O) groups is 1. The molecule has 1 N–H and O–H groups in total. The van der Waals surface area contributed by atoms with Crippen LogP contribution in [0.1, 0.15) is 24.8 Å². The van der Waals surface area contributed by atoms with Crippen molar-refractivity contribution in [1.82, 2.24) is 15.1 Å². The molecule has 1 unspecified atom stereocenters. The zero-order chi connectivity index (χ0) is 16.1. The Bertz CT molecular complexity index is 493. The van der Waals surface area contributed by atoms with Crippen LogP contribution in [0.3, 0.4) is 0 Å². The molecule has 0 aromatic heterocycles. The molecule has 1 atom stereocenters. The summed E-state index contributed by atoms with van der Waals surface area (Å²) >= 11 is 0. The molecule has 4 nitrogen and oxygen atoms in total. The standard InChI is InChI=1S/C19H29N3O/c1-21-10-12-22(13-11-21)18(14-16-6-3-2-4-7-16)15-20-19(23)17-8-5-9-17/h2-4,6-7,17-18H,5,8-15H2,1H3,(H,20,23). The van der Waals surface area contributed by atoms with E-state index in [1.807, 2.05) is 0 Å². The normalized spacial score (nSPS) is 21.6. The van der Waals surface area contributed by atoms with E-state index in [-0.39, 0.29) is 11.8 Å². The maximum atomic E-state index is 12.2. The number of amides is 1. The van der Waals surface area contributed by atoms with E-state index in [4.69, 9.17) is 0 Å². The van der Waals surface area contributed by atoms with Gasteiger partial charge in [-0.15, -0.1) is 0 Å². The number of piperazine rings is 1. The molecule has 2 aliphatic rings. The van der Waals surface area contributed by atoms with Gasteiger partial charge in [-0.3, -0.25) is 9.69 Å². The molecule has 1 aromatic carbocycles. The number of carbonyl (C=O) groups excluding carboxylic acids is 1. The second kappa shape index (κ2) is 7.93. The molecule has 1 aliphatic heterocycles. The number of rotatable bonds is 6. The first-order valence-corrected chi connectivity index (χ1v) is 8.96. The van der Waals surface area contributed by atoms with Crippen LogP contribution < -0.4 is 5.32 Å². The Kier molecular flexibility index (Phi) is 5.68. The van der Waals surface area contributed by atoms with Gasteiger partial charge in [0, 0.05) is 44.7 Å². The van der Waals surface area contributed by atoms with Crippen LogP contribution in [-0.4, -0.2) is 61.5 Å². The van der Waals surface area contributed by atoms with Crippen molar-refractivity contribution >= 4 is 5.91 Å². The maximum Gasteiger partial charge on any atom is 0.223 e. The number of nitrogens with zero attached hydrogens (tertiary/aromatic N) is 2. The van der Waals surface area contributed by atoms with Crippen molar-refractivity contribution in [2.75, 3.05) is 39.8 Å². The molecule has 0 spiro atoms. The first-order chi connectivity index (χ1) is 11.2. The third-order valence-electron chi connectivity index (χ3n) is 5.36. The van der Waals surface area contributed by atoms with E-state index in [0.717, 1.165) is 52.0 Å². The summed E-state index contributed by atoms with van der Waals surface area (Å²) in [6, 6.07) is 11.0. The van der Waals surface area contributed by atoms with Gasteiger partial charge in [-0.25, -0.2) is 0 Å². The molecule has 1 saturated carbocycles. The van der Waals surface area contributed by atoms with Crippen molar-refractivity contribution in [1.29, 1.82) is 0 Å². The van der Waals surface area contributed by atoms with Gasteiger partial charge in [0.1, 0.15) is 0 Å². The molecule has 23 heavy (non-hydrogen) atoms. The number of hydrogen-bond acceptors (Lipinski definition) is 3. The van der Waals surface area contributed by atoms with Crippen molar-refractivity contribution in [3.8, 4) is 0 Å². The molecule has 2 fully saturated rings. The van der Waals surface area contributed by atoms with Crippen LogP contribution in [0.25, 0.3) is 0 Å². The molecule has 1 amide bonds. The monoisotopic (exact) mass is 315 g/mol. The van der Waals surface area contributed by atoms with Gasteiger partial charge in [0.2, 0.25) is 5.91 Å². The van der Waals surface area contributed by atoms with Crippen LogP contribution in [0.4, 0.5) is 0 Å². The SMILES string of the molecule is CN1CCN(C(CNC(=O)C2CCC2)Cc2ccccc2)CC1. The van der Waals surface area contributed by atoms with Crippen molar-refractivity contribution in [2.24, 2.45) is 5.92 Å². The van der Waals surface area contributed by atoms with Gasteiger partial charge in [0.05, 0.1) is 0 Å². The summed E-state index contributed by atoms with van der Waals surface area (Å²) in [5.41, 5.74) is 1.36. The number of hydrogen-bond donors (Lipinski definition) is 1. The molecule has 1 aliphatic carbocycles. The second-order valence-corrected chi connectivity index (χ2v) is 7.06. The molecule has 1 heterocycles. The Morgan fingerprint density at radius 2 is 1.87 bits per heavy atom. The van der Waals surface area contributed by atoms with Gasteiger partial charge < -0.3 is 10.2 Å². The number of likely N-dealkylation sites (N-methyl/N-ethyl adjacent to an activating group) is 1. The van der Waals surface area contributed by atoms with E-state index in [1.165, 1.54) is 12.0 Å². The minimum atomic E-state index is 0.267. The minimum absolute atomic E-state index is 0.267. The minimum Gasteiger partial charge on any atom is -0.354 e. The molecule has 0 radical (unpaired) electrons. The number of benzene rings is 1. The zero-order valence-corrected chi connectivity index (χ0v) is 14.2. The van der Waals surface area contributed by atoms with Crippen molar-refractivity contribution in [2.45, 2.75) is 31.7 Å². The average molecular weight is 315 g/mol. The first-order valence-electron chi connectivity index (χ1n) is 8.96. The summed E-state index contributed by atoms with van der Waals surface area (Å²) in [5.74, 6) is 0.545. The van der Waals surface area contributed by atoms with Crippen molar-refractivity contribution in [3.63, 3.8) is 0 Å². The van der Waals surface area contributed by atoms with Crippen LogP contribution in [0.5, 0.6) is 0 Å². The lowest BCUT2D eigenvalue weighted by Crippen LogP contribution is -2.53. The fourth-order valence-electron chi connectivity index (χ4n) is 3.44. The summed E-state index contributed by atoms with van der Waals surface area (Å²) < 4.78 is 0. The lowest BCUT2D eigenvalue weighted by Gasteiger charge is -2.38. The smallest absolute Gasteiger partial charge is 0.223 e. The Balaban J connectivity index is 1.59. The molecule has 1 aromatic rings. The van der Waals surface area contributed by atoms with E-state index < -0.39 is 0 Å². The third-order valence-corrected chi connectivity index (χ3v) is 5.36. The average Bonchev–Trinajstić information content (AvgIpc) is 2.51. The Morgan fingerprint density at radius 3 is 2.48 bits per heavy atom. The molecule has 0 bridgehead atoms. The maximum absolute atomic E-state index is 12.2. The van der Waals surface area contributed by atoms with Crippen molar-refractivity contribution in [3.05, 3.63) is 35.9 Å². The Hall–Kier alpha value is -1.39. The largest absolute Gasteiger partial charge is 0.354 e. The van der Waals surface area contributed by atoms with E-state index in [2.05, 4.69) is 52.5 Å². The second-order valence-electron chi connectivity index (χ2n) is 7.06. The summed E-state index contributed by atoms with van der Waals surface area (Å²) in [6.45, 7) is 5.18. The summed E-state index contributed by atoms with van der Waals surface area (Å²) in [7, 11) is 2.18. The highest BCUT2D eigenvalue weighted by Crippen LogP contribution is 2.26. The molecule has 3 rings (SSSR count). The van der Waals surface area contributed by atoms with Crippen LogP contribution in [0.2, 0.25) is 0 Å². The van der Waals surface area contributed by atoms with E-state index in [9.17, 15) is 4.79 Å². The predicted octanol–water partition coefficient (Wildman–Crippen LogP) is 1.76. The van der Waals surface area contributed by atoms with Gasteiger partial charge in [0.15, 0.2) is 0 Å². The predicted molar refractivity (Wildman–Crippen MR) is 93.4 cm³/mol. The lowest BCUT2D eigenvalue weighted by molar-refractivity contribution is -0.127. The summed E-state index contributed by atoms with van der Waals surface area (Å²) in [4.78, 5) is 17.1. The quantitative estimate of drug-likeness (QED) is 0.869. The topological polar surface area (TPSA) is 35.6 Å². The first kappa shape index (κ1) is 16.5. The Labute approximate surface area is 139 Å². The third kappa shape index (κ3) is 4.55. The highest BCUT2D eigenvalue weighted by atomic mass is 16.1. The molecular formula is C19H29N3O. The van der Waals surface area contributed by atoms with Gasteiger partial charge in [-0.1, -0.05) is 36.8 Å². The highest BCUT2D eigenvalue weighted by Gasteiger charge is 2.27. The van der Waals surface area contributed by atoms with Gasteiger partial charge in [-0.05, 0) is 31.9 Å². The van der Waals surface area contributed by atoms with E-state index >= 15 is 0 Å². The van der Waals surface area contributed by atoms with E-state index in [1.54, 1.807) is 0 Å². The van der Waals surface area contributed by atoms with Gasteiger partial charge >= 0.3 is 0 Å². The Morgan fingerprint density at radius 1 is 1.17 bits per heavy atom. The van der Waals surface area contributed by atoms with Crippen LogP contribution in [0, 0.1) is 5.92 Å².